The molecule has 0 saturated heterocycles. The van der Waals surface area contributed by atoms with Crippen molar-refractivity contribution in [2.24, 2.45) is 11.6 Å². The van der Waals surface area contributed by atoms with E-state index in [0.717, 1.165) is 24.1 Å². The molecule has 2 aliphatic rings. The highest BCUT2D eigenvalue weighted by Gasteiger charge is 2.24. The Bertz CT molecular complexity index is 1320. The van der Waals surface area contributed by atoms with E-state index < -0.39 is 0 Å². The van der Waals surface area contributed by atoms with Crippen molar-refractivity contribution >= 4 is 11.9 Å². The van der Waals surface area contributed by atoms with E-state index in [0.29, 0.717) is 36.7 Å². The van der Waals surface area contributed by atoms with E-state index in [1.807, 2.05) is 6.07 Å². The first-order chi connectivity index (χ1) is 17.0. The lowest BCUT2D eigenvalue weighted by Crippen LogP contribution is -2.42. The summed E-state index contributed by atoms with van der Waals surface area (Å²) in [6.07, 6.45) is 11.0. The van der Waals surface area contributed by atoms with Crippen LogP contribution >= 0.6 is 0 Å². The van der Waals surface area contributed by atoms with Crippen molar-refractivity contribution in [1.29, 1.82) is 0 Å². The second-order valence-corrected chi connectivity index (χ2v) is 8.56. The zero-order valence-electron chi connectivity index (χ0n) is 19.0. The first-order valence-electron chi connectivity index (χ1n) is 11.2. The number of hydrogen-bond acceptors (Lipinski definition) is 10. The third-order valence-corrected chi connectivity index (χ3v) is 6.21. The van der Waals surface area contributed by atoms with E-state index in [1.54, 1.807) is 17.3 Å². The van der Waals surface area contributed by atoms with Gasteiger partial charge >= 0.3 is 0 Å². The van der Waals surface area contributed by atoms with Crippen LogP contribution in [0.4, 0.5) is 5.95 Å². The molecule has 0 bridgehead atoms. The van der Waals surface area contributed by atoms with Gasteiger partial charge in [0.15, 0.2) is 0 Å². The normalized spacial score (nSPS) is 17.1. The molecule has 3 aromatic rings. The number of aromatic nitrogens is 4. The second-order valence-electron chi connectivity index (χ2n) is 8.56. The van der Waals surface area contributed by atoms with E-state index in [-0.39, 0.29) is 30.2 Å². The standard InChI is InChI=1S/C24H25N9O2/c1-2-14-3-4-15-8-18(9-16(15)7-14)29-24-27-11-17(12-28-24)23-32-31-21(35-23)10-22(34)33-6-5-20(30-26)19(25)13-33/h1,3-4,7,11-12,18,30H,5-6,8-10,13,25-26H2,(H,27,28,29). The number of nitrogens with two attached hydrogens (primary N) is 2. The van der Waals surface area contributed by atoms with Crippen LogP contribution in [0.1, 0.15) is 29.0 Å². The zero-order chi connectivity index (χ0) is 24.4. The Labute approximate surface area is 202 Å². The maximum Gasteiger partial charge on any atom is 0.250 e. The predicted molar refractivity (Wildman–Crippen MR) is 128 cm³/mol. The number of fused-ring (bicyclic) bond motifs is 1. The SMILES string of the molecule is C#Cc1ccc2c(c1)CC(Nc1ncc(-c3nnc(CC(=O)N4CCC(NN)=C(N)C4)o3)cn1)C2. The summed E-state index contributed by atoms with van der Waals surface area (Å²) in [6, 6.07) is 6.30. The van der Waals surface area contributed by atoms with Crippen LogP contribution in [-0.2, 0) is 24.1 Å². The first-order valence-corrected chi connectivity index (χ1v) is 11.2. The summed E-state index contributed by atoms with van der Waals surface area (Å²) in [7, 11) is 0. The van der Waals surface area contributed by atoms with Gasteiger partial charge in [-0.3, -0.25) is 10.6 Å². The number of terminal acetylenes is 1. The number of anilines is 1. The fourth-order valence-electron chi connectivity index (χ4n) is 4.35. The Hall–Kier alpha value is -4.43. The Morgan fingerprint density at radius 3 is 2.77 bits per heavy atom. The molecule has 1 aliphatic heterocycles. The molecule has 1 atom stereocenters. The van der Waals surface area contributed by atoms with E-state index in [9.17, 15) is 4.79 Å². The van der Waals surface area contributed by atoms with Crippen molar-refractivity contribution in [3.8, 4) is 23.8 Å². The topological polar surface area (TPSA) is 161 Å². The number of nitrogens with zero attached hydrogens (tertiary/aromatic N) is 5. The number of hydrazine groups is 1. The first kappa shape index (κ1) is 22.4. The lowest BCUT2D eigenvalue weighted by Gasteiger charge is -2.28. The molecule has 11 heteroatoms. The van der Waals surface area contributed by atoms with Crippen molar-refractivity contribution in [2.45, 2.75) is 31.7 Å². The van der Waals surface area contributed by atoms with Gasteiger partial charge in [0.05, 0.1) is 12.1 Å². The van der Waals surface area contributed by atoms with Gasteiger partial charge in [-0.1, -0.05) is 12.0 Å². The third kappa shape index (κ3) is 4.78. The number of nitrogens with one attached hydrogen (secondary N) is 2. The highest BCUT2D eigenvalue weighted by molar-refractivity contribution is 5.78. The fourth-order valence-corrected chi connectivity index (χ4v) is 4.35. The Morgan fingerprint density at radius 2 is 2.03 bits per heavy atom. The molecule has 1 amide bonds. The van der Waals surface area contributed by atoms with Crippen LogP contribution in [0.25, 0.3) is 11.5 Å². The lowest BCUT2D eigenvalue weighted by molar-refractivity contribution is -0.130. The van der Waals surface area contributed by atoms with Crippen LogP contribution in [0.15, 0.2) is 46.4 Å². The van der Waals surface area contributed by atoms with Crippen LogP contribution in [0.5, 0.6) is 0 Å². The maximum atomic E-state index is 12.6. The minimum Gasteiger partial charge on any atom is -0.420 e. The van der Waals surface area contributed by atoms with Crippen LogP contribution in [0.3, 0.4) is 0 Å². The van der Waals surface area contributed by atoms with Gasteiger partial charge in [-0.15, -0.1) is 16.6 Å². The molecule has 2 aromatic heterocycles. The highest BCUT2D eigenvalue weighted by atomic mass is 16.4. The van der Waals surface area contributed by atoms with E-state index >= 15 is 0 Å². The van der Waals surface area contributed by atoms with Gasteiger partial charge in [-0.05, 0) is 36.1 Å². The van der Waals surface area contributed by atoms with Crippen LogP contribution in [-0.4, -0.2) is 50.1 Å². The van der Waals surface area contributed by atoms with Gasteiger partial charge in [0.25, 0.3) is 5.89 Å². The molecular formula is C24H25N9O2. The molecule has 0 radical (unpaired) electrons. The Kier molecular flexibility index (Phi) is 6.03. The minimum absolute atomic E-state index is 0.0181. The predicted octanol–water partition coefficient (Wildman–Crippen LogP) is 0.496. The molecular weight excluding hydrogens is 446 g/mol. The van der Waals surface area contributed by atoms with Gasteiger partial charge in [0, 0.05) is 48.4 Å². The summed E-state index contributed by atoms with van der Waals surface area (Å²) < 4.78 is 5.68. The summed E-state index contributed by atoms with van der Waals surface area (Å²) >= 11 is 0. The van der Waals surface area contributed by atoms with Crippen LogP contribution in [0.2, 0.25) is 0 Å². The van der Waals surface area contributed by atoms with E-state index in [4.69, 9.17) is 22.4 Å². The summed E-state index contributed by atoms with van der Waals surface area (Å²) in [4.78, 5) is 23.0. The summed E-state index contributed by atoms with van der Waals surface area (Å²) in [5.74, 6) is 8.94. The molecule has 11 nitrogen and oxygen atoms in total. The monoisotopic (exact) mass is 471 g/mol. The van der Waals surface area contributed by atoms with Crippen molar-refractivity contribution in [3.63, 3.8) is 0 Å². The van der Waals surface area contributed by atoms with Crippen molar-refractivity contribution in [1.82, 2.24) is 30.5 Å². The van der Waals surface area contributed by atoms with Gasteiger partial charge in [-0.25, -0.2) is 9.97 Å². The summed E-state index contributed by atoms with van der Waals surface area (Å²) in [5, 5.41) is 11.4. The molecule has 178 valence electrons. The average Bonchev–Trinajstić information content (AvgIpc) is 3.50. The third-order valence-electron chi connectivity index (χ3n) is 6.21. The fraction of sp³-hybridized carbons (Fsp3) is 0.292. The van der Waals surface area contributed by atoms with Gasteiger partial charge in [0.2, 0.25) is 17.7 Å². The van der Waals surface area contributed by atoms with Crippen molar-refractivity contribution < 1.29 is 9.21 Å². The zero-order valence-corrected chi connectivity index (χ0v) is 19.0. The summed E-state index contributed by atoms with van der Waals surface area (Å²) in [6.45, 7) is 0.818. The Balaban J connectivity index is 1.18. The van der Waals surface area contributed by atoms with E-state index in [2.05, 4.69) is 49.0 Å². The smallest absolute Gasteiger partial charge is 0.250 e. The van der Waals surface area contributed by atoms with Gasteiger partial charge < -0.3 is 25.8 Å². The highest BCUT2D eigenvalue weighted by Crippen LogP contribution is 2.25. The number of amides is 1. The molecule has 3 heterocycles. The van der Waals surface area contributed by atoms with Crippen LogP contribution in [0, 0.1) is 12.3 Å². The molecule has 5 rings (SSSR count). The van der Waals surface area contributed by atoms with Gasteiger partial charge in [-0.2, -0.15) is 0 Å². The summed E-state index contributed by atoms with van der Waals surface area (Å²) in [5.41, 5.74) is 13.8. The molecule has 1 aromatic carbocycles. The maximum absolute atomic E-state index is 12.6. The Morgan fingerprint density at radius 1 is 1.23 bits per heavy atom. The molecule has 1 unspecified atom stereocenters. The largest absolute Gasteiger partial charge is 0.420 e. The number of carbonyl (C=O) groups excluding carboxylic acids is 1. The minimum atomic E-state index is -0.151. The van der Waals surface area contributed by atoms with Crippen LogP contribution < -0.4 is 22.3 Å². The van der Waals surface area contributed by atoms with Crippen molar-refractivity contribution in [3.05, 3.63) is 64.6 Å². The number of benzene rings is 1. The molecule has 0 saturated carbocycles. The molecule has 6 N–H and O–H groups in total. The van der Waals surface area contributed by atoms with Gasteiger partial charge in [0.1, 0.15) is 6.42 Å². The molecule has 35 heavy (non-hydrogen) atoms. The number of rotatable bonds is 6. The molecule has 0 fully saturated rings. The second kappa shape index (κ2) is 9.44. The molecule has 1 aliphatic carbocycles. The quantitative estimate of drug-likeness (QED) is 0.226. The average molecular weight is 472 g/mol. The molecule has 0 spiro atoms. The lowest BCUT2D eigenvalue weighted by atomic mass is 10.1. The van der Waals surface area contributed by atoms with E-state index in [1.165, 1.54) is 11.1 Å². The number of carbonyl (C=O) groups is 1. The van der Waals surface area contributed by atoms with Crippen molar-refractivity contribution in [2.75, 3.05) is 18.4 Å². The number of hydrogen-bond donors (Lipinski definition) is 4.